The second kappa shape index (κ2) is 7.21. The minimum absolute atomic E-state index is 0.134. The van der Waals surface area contributed by atoms with Crippen molar-refractivity contribution in [2.75, 3.05) is 13.7 Å². The number of pyridine rings is 1. The van der Waals surface area contributed by atoms with Gasteiger partial charge >= 0.3 is 0 Å². The predicted molar refractivity (Wildman–Crippen MR) is 98.3 cm³/mol. The number of rotatable bonds is 5. The molecule has 128 valence electrons. The second-order valence-corrected chi connectivity index (χ2v) is 5.95. The average molecular weight is 336 g/mol. The van der Waals surface area contributed by atoms with E-state index in [1.165, 1.54) is 0 Å². The molecule has 0 saturated heterocycles. The highest BCUT2D eigenvalue weighted by Crippen LogP contribution is 2.18. The van der Waals surface area contributed by atoms with Crippen LogP contribution in [-0.2, 0) is 6.42 Å². The molecule has 5 heteroatoms. The van der Waals surface area contributed by atoms with Crippen LogP contribution in [0.4, 0.5) is 0 Å². The van der Waals surface area contributed by atoms with Crippen LogP contribution in [0, 0.1) is 6.92 Å². The largest absolute Gasteiger partial charge is 0.497 e. The number of hydrogen-bond acceptors (Lipinski definition) is 3. The summed E-state index contributed by atoms with van der Waals surface area (Å²) in [6.07, 6.45) is 0.467. The maximum absolute atomic E-state index is 12.2. The van der Waals surface area contributed by atoms with E-state index < -0.39 is 0 Å². The van der Waals surface area contributed by atoms with Crippen molar-refractivity contribution in [3.8, 4) is 5.75 Å². The van der Waals surface area contributed by atoms with Crippen molar-refractivity contribution in [3.63, 3.8) is 0 Å². The number of aryl methyl sites for hydroxylation is 1. The molecular weight excluding hydrogens is 316 g/mol. The van der Waals surface area contributed by atoms with Crippen LogP contribution in [0.15, 0.2) is 53.3 Å². The third-order valence-corrected chi connectivity index (χ3v) is 4.09. The van der Waals surface area contributed by atoms with Crippen LogP contribution in [0.25, 0.3) is 10.9 Å². The van der Waals surface area contributed by atoms with Crippen molar-refractivity contribution >= 4 is 16.8 Å². The molecule has 0 radical (unpaired) electrons. The standard InChI is InChI=1S/C20H20N2O3/c1-13-4-3-5-15(10-13)19(23)21-9-8-16-11-14-6-7-17(25-2)12-18(14)22-20(16)24/h3-7,10-12H,8-9H2,1-2H3,(H,21,23)(H,22,24). The molecule has 1 heterocycles. The number of aromatic nitrogens is 1. The minimum atomic E-state index is -0.148. The molecule has 0 atom stereocenters. The lowest BCUT2D eigenvalue weighted by Crippen LogP contribution is -2.27. The van der Waals surface area contributed by atoms with Gasteiger partial charge in [-0.15, -0.1) is 0 Å². The zero-order valence-corrected chi connectivity index (χ0v) is 14.3. The lowest BCUT2D eigenvalue weighted by atomic mass is 10.1. The molecule has 0 bridgehead atoms. The summed E-state index contributed by atoms with van der Waals surface area (Å²) >= 11 is 0. The van der Waals surface area contributed by atoms with Gasteiger partial charge in [0.15, 0.2) is 0 Å². The summed E-state index contributed by atoms with van der Waals surface area (Å²) in [5.41, 5.74) is 2.89. The summed E-state index contributed by atoms with van der Waals surface area (Å²) in [5, 5.41) is 3.79. The summed E-state index contributed by atoms with van der Waals surface area (Å²) in [4.78, 5) is 27.2. The molecule has 0 aliphatic rings. The van der Waals surface area contributed by atoms with E-state index in [1.807, 2.05) is 43.3 Å². The van der Waals surface area contributed by atoms with E-state index in [4.69, 9.17) is 4.74 Å². The fourth-order valence-corrected chi connectivity index (χ4v) is 2.74. The summed E-state index contributed by atoms with van der Waals surface area (Å²) in [6.45, 7) is 2.35. The Morgan fingerprint density at radius 3 is 2.76 bits per heavy atom. The van der Waals surface area contributed by atoms with Crippen molar-refractivity contribution in [1.82, 2.24) is 10.3 Å². The number of carbonyl (C=O) groups excluding carboxylic acids is 1. The van der Waals surface area contributed by atoms with Gasteiger partial charge < -0.3 is 15.0 Å². The molecular formula is C20H20N2O3. The Morgan fingerprint density at radius 2 is 2.00 bits per heavy atom. The number of carbonyl (C=O) groups is 1. The fraction of sp³-hybridized carbons (Fsp3) is 0.200. The Bertz CT molecular complexity index is 976. The van der Waals surface area contributed by atoms with Crippen LogP contribution >= 0.6 is 0 Å². The van der Waals surface area contributed by atoms with Crippen molar-refractivity contribution in [3.05, 3.63) is 75.6 Å². The summed E-state index contributed by atoms with van der Waals surface area (Å²) in [7, 11) is 1.59. The maximum atomic E-state index is 12.2. The third kappa shape index (κ3) is 3.88. The first-order chi connectivity index (χ1) is 12.1. The first kappa shape index (κ1) is 16.8. The highest BCUT2D eigenvalue weighted by atomic mass is 16.5. The number of methoxy groups -OCH3 is 1. The molecule has 3 rings (SSSR count). The molecule has 0 unspecified atom stereocenters. The molecule has 0 fully saturated rings. The predicted octanol–water partition coefficient (Wildman–Crippen LogP) is 2.82. The van der Waals surface area contributed by atoms with Crippen molar-refractivity contribution in [2.45, 2.75) is 13.3 Å². The van der Waals surface area contributed by atoms with Crippen LogP contribution in [0.1, 0.15) is 21.5 Å². The number of ether oxygens (including phenoxy) is 1. The number of aromatic amines is 1. The normalized spacial score (nSPS) is 10.6. The zero-order valence-electron chi connectivity index (χ0n) is 14.3. The third-order valence-electron chi connectivity index (χ3n) is 4.09. The Balaban J connectivity index is 1.70. The first-order valence-electron chi connectivity index (χ1n) is 8.11. The van der Waals surface area contributed by atoms with Crippen molar-refractivity contribution < 1.29 is 9.53 Å². The summed E-state index contributed by atoms with van der Waals surface area (Å²) in [6, 6.07) is 14.8. The summed E-state index contributed by atoms with van der Waals surface area (Å²) in [5.74, 6) is 0.562. The summed E-state index contributed by atoms with van der Waals surface area (Å²) < 4.78 is 5.16. The molecule has 0 aliphatic carbocycles. The average Bonchev–Trinajstić information content (AvgIpc) is 2.61. The molecule has 3 aromatic rings. The lowest BCUT2D eigenvalue weighted by molar-refractivity contribution is 0.0954. The van der Waals surface area contributed by atoms with Crippen molar-refractivity contribution in [1.29, 1.82) is 0 Å². The minimum Gasteiger partial charge on any atom is -0.497 e. The maximum Gasteiger partial charge on any atom is 0.251 e. The van der Waals surface area contributed by atoms with Crippen LogP contribution in [-0.4, -0.2) is 24.5 Å². The number of hydrogen-bond donors (Lipinski definition) is 2. The van der Waals surface area contributed by atoms with E-state index in [-0.39, 0.29) is 11.5 Å². The number of fused-ring (bicyclic) bond motifs is 1. The molecule has 5 nitrogen and oxygen atoms in total. The van der Waals surface area contributed by atoms with Crippen LogP contribution in [0.5, 0.6) is 5.75 Å². The van der Waals surface area contributed by atoms with Gasteiger partial charge in [0, 0.05) is 23.7 Å². The van der Waals surface area contributed by atoms with E-state index in [9.17, 15) is 9.59 Å². The first-order valence-corrected chi connectivity index (χ1v) is 8.11. The van der Waals surface area contributed by atoms with E-state index in [2.05, 4.69) is 10.3 Å². The van der Waals surface area contributed by atoms with E-state index in [0.29, 0.717) is 29.8 Å². The monoisotopic (exact) mass is 336 g/mol. The van der Waals surface area contributed by atoms with Gasteiger partial charge in [0.05, 0.1) is 12.6 Å². The molecule has 1 aromatic heterocycles. The molecule has 2 N–H and O–H groups in total. The van der Waals surface area contributed by atoms with Gasteiger partial charge in [0.2, 0.25) is 0 Å². The van der Waals surface area contributed by atoms with Gasteiger partial charge in [0.1, 0.15) is 5.75 Å². The lowest BCUT2D eigenvalue weighted by Gasteiger charge is -2.07. The highest BCUT2D eigenvalue weighted by Gasteiger charge is 2.07. The fourth-order valence-electron chi connectivity index (χ4n) is 2.74. The Kier molecular flexibility index (Phi) is 4.84. The van der Waals surface area contributed by atoms with Gasteiger partial charge in [0.25, 0.3) is 11.5 Å². The van der Waals surface area contributed by atoms with Gasteiger partial charge in [-0.2, -0.15) is 0 Å². The molecule has 0 spiro atoms. The smallest absolute Gasteiger partial charge is 0.251 e. The van der Waals surface area contributed by atoms with Crippen LogP contribution in [0.2, 0.25) is 0 Å². The van der Waals surface area contributed by atoms with Gasteiger partial charge in [-0.25, -0.2) is 0 Å². The van der Waals surface area contributed by atoms with E-state index >= 15 is 0 Å². The highest BCUT2D eigenvalue weighted by molar-refractivity contribution is 5.94. The molecule has 25 heavy (non-hydrogen) atoms. The topological polar surface area (TPSA) is 71.2 Å². The zero-order chi connectivity index (χ0) is 17.8. The van der Waals surface area contributed by atoms with Crippen molar-refractivity contribution in [2.24, 2.45) is 0 Å². The second-order valence-electron chi connectivity index (χ2n) is 5.95. The SMILES string of the molecule is COc1ccc2cc(CCNC(=O)c3cccc(C)c3)c(=O)[nH]c2c1. The molecule has 2 aromatic carbocycles. The Morgan fingerprint density at radius 1 is 1.16 bits per heavy atom. The van der Waals surface area contributed by atoms with E-state index in [0.717, 1.165) is 16.5 Å². The number of benzene rings is 2. The Labute approximate surface area is 145 Å². The van der Waals surface area contributed by atoms with E-state index in [1.54, 1.807) is 19.2 Å². The Hall–Kier alpha value is -3.08. The number of H-pyrrole nitrogens is 1. The quantitative estimate of drug-likeness (QED) is 0.752. The number of amides is 1. The molecule has 0 saturated carbocycles. The van der Waals surface area contributed by atoms with Gasteiger partial charge in [-0.3, -0.25) is 9.59 Å². The van der Waals surface area contributed by atoms with Crippen LogP contribution < -0.4 is 15.6 Å². The molecule has 1 amide bonds. The van der Waals surface area contributed by atoms with Gasteiger partial charge in [-0.1, -0.05) is 17.7 Å². The van der Waals surface area contributed by atoms with Crippen LogP contribution in [0.3, 0.4) is 0 Å². The molecule has 0 aliphatic heterocycles. The number of nitrogens with one attached hydrogen (secondary N) is 2. The van der Waals surface area contributed by atoms with Gasteiger partial charge in [-0.05, 0) is 49.1 Å².